The van der Waals surface area contributed by atoms with E-state index in [-0.39, 0.29) is 5.41 Å². The number of ether oxygens (including phenoxy) is 1. The molecular weight excluding hydrogens is 186 g/mol. The summed E-state index contributed by atoms with van der Waals surface area (Å²) in [6.45, 7) is 16.3. The molecule has 0 heterocycles. The highest BCUT2D eigenvalue weighted by Gasteiger charge is 2.17. The molecule has 0 rings (SSSR count). The quantitative estimate of drug-likeness (QED) is 0.469. The van der Waals surface area contributed by atoms with Crippen LogP contribution in [0.5, 0.6) is 0 Å². The van der Waals surface area contributed by atoms with Crippen molar-refractivity contribution in [2.24, 2.45) is 5.41 Å². The molecule has 15 heavy (non-hydrogen) atoms. The van der Waals surface area contributed by atoms with Crippen LogP contribution < -0.4 is 5.32 Å². The summed E-state index contributed by atoms with van der Waals surface area (Å²) in [7, 11) is 0. The van der Waals surface area contributed by atoms with E-state index < -0.39 is 0 Å². The van der Waals surface area contributed by atoms with Crippen molar-refractivity contribution in [1.82, 2.24) is 5.32 Å². The normalized spacial score (nSPS) is 11.7. The maximum Gasteiger partial charge on any atom is 0.0529 e. The lowest BCUT2D eigenvalue weighted by molar-refractivity contribution is 0.0641. The van der Waals surface area contributed by atoms with Crippen LogP contribution in [0.15, 0.2) is 12.2 Å². The molecule has 0 saturated carbocycles. The van der Waals surface area contributed by atoms with E-state index in [1.54, 1.807) is 0 Å². The number of nitrogens with one attached hydrogen (secondary N) is 1. The molecule has 0 fully saturated rings. The van der Waals surface area contributed by atoms with Crippen LogP contribution in [0.25, 0.3) is 0 Å². The first kappa shape index (κ1) is 14.7. The lowest BCUT2D eigenvalue weighted by atomic mass is 9.95. The number of hydrogen-bond donors (Lipinski definition) is 1. The second-order valence-corrected chi connectivity index (χ2v) is 5.10. The molecule has 0 atom stereocenters. The van der Waals surface area contributed by atoms with Crippen molar-refractivity contribution in [3.63, 3.8) is 0 Å². The highest BCUT2D eigenvalue weighted by atomic mass is 16.5. The highest BCUT2D eigenvalue weighted by molar-refractivity contribution is 4.87. The van der Waals surface area contributed by atoms with E-state index in [0.717, 1.165) is 32.7 Å². The fraction of sp³-hybridized carbons (Fsp3) is 0.846. The van der Waals surface area contributed by atoms with E-state index in [4.69, 9.17) is 4.74 Å². The van der Waals surface area contributed by atoms with Gasteiger partial charge in [-0.15, -0.1) is 6.58 Å². The average molecular weight is 213 g/mol. The Bertz CT molecular complexity index is 175. The monoisotopic (exact) mass is 213 g/mol. The minimum Gasteiger partial charge on any atom is -0.381 e. The van der Waals surface area contributed by atoms with Crippen molar-refractivity contribution in [2.75, 3.05) is 26.3 Å². The second-order valence-electron chi connectivity index (χ2n) is 5.10. The lowest BCUT2D eigenvalue weighted by Gasteiger charge is -2.24. The van der Waals surface area contributed by atoms with Gasteiger partial charge in [0.05, 0.1) is 13.2 Å². The Kier molecular flexibility index (Phi) is 7.71. The molecule has 0 unspecified atom stereocenters. The first-order valence-electron chi connectivity index (χ1n) is 5.91. The zero-order chi connectivity index (χ0) is 11.7. The van der Waals surface area contributed by atoms with Gasteiger partial charge in [-0.3, -0.25) is 0 Å². The number of hydrogen-bond acceptors (Lipinski definition) is 2. The third kappa shape index (κ3) is 9.95. The predicted molar refractivity (Wildman–Crippen MR) is 67.2 cm³/mol. The summed E-state index contributed by atoms with van der Waals surface area (Å²) in [6.07, 6.45) is 2.16. The first-order valence-corrected chi connectivity index (χ1v) is 5.91. The topological polar surface area (TPSA) is 21.3 Å². The summed E-state index contributed by atoms with van der Waals surface area (Å²) < 4.78 is 5.64. The largest absolute Gasteiger partial charge is 0.381 e. The van der Waals surface area contributed by atoms with E-state index in [0.29, 0.717) is 0 Å². The Balaban J connectivity index is 3.50. The fourth-order valence-corrected chi connectivity index (χ4v) is 1.25. The van der Waals surface area contributed by atoms with Gasteiger partial charge in [-0.25, -0.2) is 0 Å². The van der Waals surface area contributed by atoms with E-state index in [1.807, 2.05) is 6.92 Å². The van der Waals surface area contributed by atoms with E-state index in [1.165, 1.54) is 12.0 Å². The van der Waals surface area contributed by atoms with Crippen LogP contribution in [-0.4, -0.2) is 26.3 Å². The zero-order valence-electron chi connectivity index (χ0n) is 10.9. The molecule has 90 valence electrons. The first-order chi connectivity index (χ1) is 6.98. The molecule has 0 saturated heterocycles. The van der Waals surface area contributed by atoms with Gasteiger partial charge in [0, 0.05) is 12.0 Å². The highest BCUT2D eigenvalue weighted by Crippen LogP contribution is 2.14. The van der Waals surface area contributed by atoms with Crippen molar-refractivity contribution in [3.8, 4) is 0 Å². The predicted octanol–water partition coefficient (Wildman–Crippen LogP) is 3.00. The lowest BCUT2D eigenvalue weighted by Crippen LogP contribution is -2.33. The Hall–Kier alpha value is -0.340. The summed E-state index contributed by atoms with van der Waals surface area (Å²) in [5, 5.41) is 3.43. The molecule has 0 aromatic carbocycles. The van der Waals surface area contributed by atoms with Crippen LogP contribution >= 0.6 is 0 Å². The summed E-state index contributed by atoms with van der Waals surface area (Å²) in [4.78, 5) is 0. The van der Waals surface area contributed by atoms with E-state index in [2.05, 4.69) is 32.7 Å². The van der Waals surface area contributed by atoms with Gasteiger partial charge >= 0.3 is 0 Å². The SMILES string of the molecule is C=C(C)CCOCC(C)(C)CNCCC. The summed E-state index contributed by atoms with van der Waals surface area (Å²) in [5.41, 5.74) is 1.42. The van der Waals surface area contributed by atoms with Gasteiger partial charge < -0.3 is 10.1 Å². The second kappa shape index (κ2) is 7.89. The third-order valence-corrected chi connectivity index (χ3v) is 2.20. The van der Waals surface area contributed by atoms with Crippen LogP contribution in [0.2, 0.25) is 0 Å². The minimum atomic E-state index is 0.226. The van der Waals surface area contributed by atoms with Gasteiger partial charge in [0.1, 0.15) is 0 Å². The molecule has 2 heteroatoms. The minimum absolute atomic E-state index is 0.226. The Morgan fingerprint density at radius 1 is 1.40 bits per heavy atom. The Labute approximate surface area is 95.1 Å². The molecule has 0 amide bonds. The third-order valence-electron chi connectivity index (χ3n) is 2.20. The van der Waals surface area contributed by atoms with Crippen LogP contribution in [0.3, 0.4) is 0 Å². The molecular formula is C13H27NO. The Morgan fingerprint density at radius 2 is 2.07 bits per heavy atom. The standard InChI is InChI=1S/C13H27NO/c1-6-8-14-10-13(4,5)11-15-9-7-12(2)3/h14H,2,6-11H2,1,3-5H3. The zero-order valence-corrected chi connectivity index (χ0v) is 10.9. The van der Waals surface area contributed by atoms with Crippen LogP contribution in [-0.2, 0) is 4.74 Å². The van der Waals surface area contributed by atoms with Crippen LogP contribution in [0.4, 0.5) is 0 Å². The summed E-state index contributed by atoms with van der Waals surface area (Å²) in [6, 6.07) is 0. The summed E-state index contributed by atoms with van der Waals surface area (Å²) in [5.74, 6) is 0. The van der Waals surface area contributed by atoms with Gasteiger partial charge in [-0.1, -0.05) is 26.3 Å². The van der Waals surface area contributed by atoms with Gasteiger partial charge in [0.15, 0.2) is 0 Å². The maximum atomic E-state index is 5.64. The maximum absolute atomic E-state index is 5.64. The van der Waals surface area contributed by atoms with Gasteiger partial charge in [-0.05, 0) is 26.3 Å². The van der Waals surface area contributed by atoms with Gasteiger partial charge in [0.25, 0.3) is 0 Å². The molecule has 0 radical (unpaired) electrons. The van der Waals surface area contributed by atoms with Crippen LogP contribution in [0.1, 0.15) is 40.5 Å². The average Bonchev–Trinajstić information content (AvgIpc) is 2.13. The molecule has 2 nitrogen and oxygen atoms in total. The van der Waals surface area contributed by atoms with Crippen LogP contribution in [0, 0.1) is 5.41 Å². The van der Waals surface area contributed by atoms with Crippen molar-refractivity contribution in [3.05, 3.63) is 12.2 Å². The molecule has 0 spiro atoms. The molecule has 0 aromatic rings. The summed E-state index contributed by atoms with van der Waals surface area (Å²) >= 11 is 0. The molecule has 0 aliphatic heterocycles. The fourth-order valence-electron chi connectivity index (χ4n) is 1.25. The van der Waals surface area contributed by atoms with Crippen molar-refractivity contribution in [1.29, 1.82) is 0 Å². The van der Waals surface area contributed by atoms with E-state index in [9.17, 15) is 0 Å². The van der Waals surface area contributed by atoms with Crippen molar-refractivity contribution < 1.29 is 4.74 Å². The van der Waals surface area contributed by atoms with Crippen molar-refractivity contribution in [2.45, 2.75) is 40.5 Å². The molecule has 0 aliphatic carbocycles. The molecule has 0 bridgehead atoms. The van der Waals surface area contributed by atoms with E-state index >= 15 is 0 Å². The Morgan fingerprint density at radius 3 is 2.60 bits per heavy atom. The molecule has 0 aliphatic rings. The smallest absolute Gasteiger partial charge is 0.0529 e. The number of rotatable bonds is 9. The van der Waals surface area contributed by atoms with Gasteiger partial charge in [-0.2, -0.15) is 0 Å². The van der Waals surface area contributed by atoms with Crippen molar-refractivity contribution >= 4 is 0 Å². The molecule has 1 N–H and O–H groups in total. The molecule has 0 aromatic heterocycles. The van der Waals surface area contributed by atoms with Gasteiger partial charge in [0.2, 0.25) is 0 Å².